The van der Waals surface area contributed by atoms with Gasteiger partial charge in [0.05, 0.1) is 4.90 Å². The average molecular weight is 324 g/mol. The highest BCUT2D eigenvalue weighted by Gasteiger charge is 2.26. The van der Waals surface area contributed by atoms with Crippen LogP contribution in [0.25, 0.3) is 0 Å². The third-order valence-corrected chi connectivity index (χ3v) is 5.98. The zero-order valence-corrected chi connectivity index (χ0v) is 14.1. The predicted molar refractivity (Wildman–Crippen MR) is 86.3 cm³/mol. The molecular weight excluding hydrogens is 300 g/mol. The summed E-state index contributed by atoms with van der Waals surface area (Å²) in [5.41, 5.74) is 0.432. The van der Waals surface area contributed by atoms with E-state index >= 15 is 0 Å². The number of nitrogens with zero attached hydrogens (tertiary/aromatic N) is 2. The molecular formula is C16H24N2O3S. The molecule has 0 unspecified atom stereocenters. The lowest BCUT2D eigenvalue weighted by Gasteiger charge is -2.26. The molecule has 1 aliphatic heterocycles. The summed E-state index contributed by atoms with van der Waals surface area (Å²) < 4.78 is 26.9. The summed E-state index contributed by atoms with van der Waals surface area (Å²) in [6.45, 7) is 6.18. The van der Waals surface area contributed by atoms with Crippen LogP contribution in [0.2, 0.25) is 0 Å². The molecule has 22 heavy (non-hydrogen) atoms. The van der Waals surface area contributed by atoms with Gasteiger partial charge in [0.25, 0.3) is 5.91 Å². The Hall–Kier alpha value is -1.40. The summed E-state index contributed by atoms with van der Waals surface area (Å²) in [5.74, 6) is -0.124. The molecule has 0 saturated carbocycles. The van der Waals surface area contributed by atoms with Crippen molar-refractivity contribution in [1.29, 1.82) is 0 Å². The van der Waals surface area contributed by atoms with Gasteiger partial charge in [-0.05, 0) is 44.9 Å². The summed E-state index contributed by atoms with van der Waals surface area (Å²) in [6, 6.07) is 6.40. The molecule has 1 saturated heterocycles. The fraction of sp³-hybridized carbons (Fsp3) is 0.562. The van der Waals surface area contributed by atoms with E-state index in [0.717, 1.165) is 19.3 Å². The summed E-state index contributed by atoms with van der Waals surface area (Å²) >= 11 is 0. The van der Waals surface area contributed by atoms with Crippen molar-refractivity contribution >= 4 is 15.9 Å². The zero-order chi connectivity index (χ0) is 16.2. The topological polar surface area (TPSA) is 57.7 Å². The van der Waals surface area contributed by atoms with Crippen LogP contribution in [0.3, 0.4) is 0 Å². The Bertz CT molecular complexity index is 618. The van der Waals surface area contributed by atoms with E-state index in [4.69, 9.17) is 0 Å². The lowest BCUT2D eigenvalue weighted by Crippen LogP contribution is -2.36. The van der Waals surface area contributed by atoms with Crippen molar-refractivity contribution in [3.63, 3.8) is 0 Å². The molecule has 0 bridgehead atoms. The van der Waals surface area contributed by atoms with Gasteiger partial charge < -0.3 is 4.90 Å². The van der Waals surface area contributed by atoms with Gasteiger partial charge in [-0.25, -0.2) is 8.42 Å². The molecule has 0 atom stereocenters. The van der Waals surface area contributed by atoms with E-state index in [0.29, 0.717) is 31.7 Å². The van der Waals surface area contributed by atoms with Crippen molar-refractivity contribution in [2.24, 2.45) is 0 Å². The maximum Gasteiger partial charge on any atom is 0.253 e. The van der Waals surface area contributed by atoms with Gasteiger partial charge in [0.2, 0.25) is 10.0 Å². The second-order valence-corrected chi connectivity index (χ2v) is 7.41. The maximum absolute atomic E-state index is 12.7. The normalized spacial score (nSPS) is 16.5. The SMILES string of the molecule is CCN(CC)C(=O)c1cccc(S(=O)(=O)N2CCCCC2)c1. The molecule has 0 spiro atoms. The molecule has 1 fully saturated rings. The number of carbonyl (C=O) groups is 1. The summed E-state index contributed by atoms with van der Waals surface area (Å²) in [6.07, 6.45) is 2.88. The van der Waals surface area contributed by atoms with Crippen LogP contribution in [-0.2, 0) is 10.0 Å². The minimum atomic E-state index is -3.49. The molecule has 1 aromatic carbocycles. The van der Waals surface area contributed by atoms with Gasteiger partial charge >= 0.3 is 0 Å². The van der Waals surface area contributed by atoms with Crippen molar-refractivity contribution in [3.8, 4) is 0 Å². The second-order valence-electron chi connectivity index (χ2n) is 5.47. The minimum absolute atomic E-state index is 0.124. The van der Waals surface area contributed by atoms with Crippen molar-refractivity contribution in [3.05, 3.63) is 29.8 Å². The Morgan fingerprint density at radius 3 is 2.36 bits per heavy atom. The van der Waals surface area contributed by atoms with Crippen LogP contribution >= 0.6 is 0 Å². The smallest absolute Gasteiger partial charge is 0.253 e. The van der Waals surface area contributed by atoms with Gasteiger partial charge in [0.15, 0.2) is 0 Å². The number of hydrogen-bond acceptors (Lipinski definition) is 3. The number of sulfonamides is 1. The lowest BCUT2D eigenvalue weighted by atomic mass is 10.2. The quantitative estimate of drug-likeness (QED) is 0.835. The monoisotopic (exact) mass is 324 g/mol. The van der Waals surface area contributed by atoms with Gasteiger partial charge in [-0.2, -0.15) is 4.31 Å². The summed E-state index contributed by atoms with van der Waals surface area (Å²) in [7, 11) is -3.49. The number of carbonyl (C=O) groups excluding carboxylic acids is 1. The van der Waals surface area contributed by atoms with Crippen molar-refractivity contribution in [2.75, 3.05) is 26.2 Å². The Kier molecular flexibility index (Phi) is 5.58. The van der Waals surface area contributed by atoms with E-state index in [1.807, 2.05) is 13.8 Å². The molecule has 1 heterocycles. The fourth-order valence-corrected chi connectivity index (χ4v) is 4.30. The largest absolute Gasteiger partial charge is 0.339 e. The molecule has 1 aliphatic rings. The van der Waals surface area contributed by atoms with E-state index in [-0.39, 0.29) is 10.8 Å². The first-order valence-electron chi connectivity index (χ1n) is 7.90. The van der Waals surface area contributed by atoms with E-state index in [2.05, 4.69) is 0 Å². The summed E-state index contributed by atoms with van der Waals surface area (Å²) in [4.78, 5) is 14.3. The molecule has 0 aliphatic carbocycles. The number of piperidine rings is 1. The number of amides is 1. The van der Waals surface area contributed by atoms with Crippen LogP contribution in [0.5, 0.6) is 0 Å². The van der Waals surface area contributed by atoms with Gasteiger partial charge in [-0.1, -0.05) is 12.5 Å². The van der Waals surface area contributed by atoms with E-state index in [1.54, 1.807) is 23.1 Å². The molecule has 122 valence electrons. The molecule has 6 heteroatoms. The van der Waals surface area contributed by atoms with Crippen molar-refractivity contribution < 1.29 is 13.2 Å². The lowest BCUT2D eigenvalue weighted by molar-refractivity contribution is 0.0772. The van der Waals surface area contributed by atoms with Crippen LogP contribution in [-0.4, -0.2) is 49.7 Å². The van der Waals surface area contributed by atoms with E-state index in [1.165, 1.54) is 10.4 Å². The van der Waals surface area contributed by atoms with Crippen LogP contribution in [0, 0.1) is 0 Å². The molecule has 1 amide bonds. The van der Waals surface area contributed by atoms with Crippen LogP contribution < -0.4 is 0 Å². The van der Waals surface area contributed by atoms with Gasteiger partial charge in [0.1, 0.15) is 0 Å². The van der Waals surface area contributed by atoms with Crippen molar-refractivity contribution in [2.45, 2.75) is 38.0 Å². The number of rotatable bonds is 5. The summed E-state index contributed by atoms with van der Waals surface area (Å²) in [5, 5.41) is 0. The van der Waals surface area contributed by atoms with Gasteiger partial charge in [-0.15, -0.1) is 0 Å². The maximum atomic E-state index is 12.7. The first kappa shape index (κ1) is 17.0. The Morgan fingerprint density at radius 1 is 1.14 bits per heavy atom. The molecule has 1 aromatic rings. The molecule has 5 nitrogen and oxygen atoms in total. The second kappa shape index (κ2) is 7.24. The molecule has 0 aromatic heterocycles. The predicted octanol–water partition coefficient (Wildman–Crippen LogP) is 2.34. The van der Waals surface area contributed by atoms with Gasteiger partial charge in [-0.3, -0.25) is 4.79 Å². The standard InChI is InChI=1S/C16H24N2O3S/c1-3-17(4-2)16(19)14-9-8-10-15(13-14)22(20,21)18-11-6-5-7-12-18/h8-10,13H,3-7,11-12H2,1-2H3. The van der Waals surface area contributed by atoms with Crippen molar-refractivity contribution in [1.82, 2.24) is 9.21 Å². The van der Waals surface area contributed by atoms with Crippen LogP contribution in [0.15, 0.2) is 29.2 Å². The highest BCUT2D eigenvalue weighted by atomic mass is 32.2. The Morgan fingerprint density at radius 2 is 1.77 bits per heavy atom. The molecule has 0 N–H and O–H groups in total. The van der Waals surface area contributed by atoms with E-state index in [9.17, 15) is 13.2 Å². The highest BCUT2D eigenvalue weighted by Crippen LogP contribution is 2.21. The highest BCUT2D eigenvalue weighted by molar-refractivity contribution is 7.89. The molecule has 2 rings (SSSR count). The third kappa shape index (κ3) is 3.50. The van der Waals surface area contributed by atoms with Crippen LogP contribution in [0.1, 0.15) is 43.5 Å². The van der Waals surface area contributed by atoms with E-state index < -0.39 is 10.0 Å². The minimum Gasteiger partial charge on any atom is -0.339 e. The van der Waals surface area contributed by atoms with Crippen LogP contribution in [0.4, 0.5) is 0 Å². The average Bonchev–Trinajstić information content (AvgIpc) is 2.57. The van der Waals surface area contributed by atoms with Gasteiger partial charge in [0, 0.05) is 31.7 Å². The Balaban J connectivity index is 2.29. The number of hydrogen-bond donors (Lipinski definition) is 0. The zero-order valence-electron chi connectivity index (χ0n) is 13.3. The molecule has 0 radical (unpaired) electrons. The third-order valence-electron chi connectivity index (χ3n) is 4.08. The number of benzene rings is 1. The Labute approximate surface area is 133 Å². The fourth-order valence-electron chi connectivity index (χ4n) is 2.74. The first-order valence-corrected chi connectivity index (χ1v) is 9.34. The first-order chi connectivity index (χ1) is 10.5.